The van der Waals surface area contributed by atoms with Crippen molar-refractivity contribution in [3.05, 3.63) is 72.3 Å². The lowest BCUT2D eigenvalue weighted by Gasteiger charge is -2.06. The van der Waals surface area contributed by atoms with Gasteiger partial charge in [-0.3, -0.25) is 0 Å². The van der Waals surface area contributed by atoms with Crippen LogP contribution in [0.15, 0.2) is 61.2 Å². The van der Waals surface area contributed by atoms with Crippen molar-refractivity contribution in [2.75, 3.05) is 0 Å². The van der Waals surface area contributed by atoms with Gasteiger partial charge in [0.25, 0.3) is 0 Å². The summed E-state index contributed by atoms with van der Waals surface area (Å²) in [6, 6.07) is 17.9. The molecule has 0 saturated carbocycles. The molecule has 20 heavy (non-hydrogen) atoms. The summed E-state index contributed by atoms with van der Waals surface area (Å²) in [6.07, 6.45) is 7.80. The van der Waals surface area contributed by atoms with E-state index >= 15 is 0 Å². The van der Waals surface area contributed by atoms with E-state index in [1.54, 1.807) is 0 Å². The van der Waals surface area contributed by atoms with E-state index in [0.29, 0.717) is 0 Å². The molecule has 104 valence electrons. The van der Waals surface area contributed by atoms with Crippen LogP contribution in [-0.4, -0.2) is 0 Å². The second-order valence-electron chi connectivity index (χ2n) is 5.32. The summed E-state index contributed by atoms with van der Waals surface area (Å²) in [5, 5.41) is 0. The largest absolute Gasteiger partial charge is 0.103 e. The smallest absolute Gasteiger partial charge is 0.0184 e. The molecular weight excluding hydrogens is 240 g/mol. The molecule has 0 aliphatic heterocycles. The van der Waals surface area contributed by atoms with Gasteiger partial charge < -0.3 is 0 Å². The highest BCUT2D eigenvalue weighted by molar-refractivity contribution is 5.63. The number of aryl methyl sites for hydroxylation is 2. The van der Waals surface area contributed by atoms with Crippen molar-refractivity contribution in [1.82, 2.24) is 0 Å². The molecule has 0 saturated heterocycles. The minimum Gasteiger partial charge on any atom is -0.103 e. The molecule has 2 rings (SSSR count). The van der Waals surface area contributed by atoms with Gasteiger partial charge in [-0.15, -0.1) is 6.58 Å². The summed E-state index contributed by atoms with van der Waals surface area (Å²) in [4.78, 5) is 0. The summed E-state index contributed by atoms with van der Waals surface area (Å²) in [6.45, 7) is 5.99. The van der Waals surface area contributed by atoms with E-state index in [9.17, 15) is 0 Å². The predicted molar refractivity (Wildman–Crippen MR) is 89.0 cm³/mol. The molecular formula is C20H24. The molecule has 2 aromatic rings. The molecule has 2 aromatic carbocycles. The van der Waals surface area contributed by atoms with Crippen LogP contribution >= 0.6 is 0 Å². The Morgan fingerprint density at radius 2 is 1.30 bits per heavy atom. The second-order valence-corrected chi connectivity index (χ2v) is 5.32. The SMILES string of the molecule is C=CCCCc1ccc(-c2ccc(CCC)cc2)cc1. The van der Waals surface area contributed by atoms with Crippen LogP contribution in [0.5, 0.6) is 0 Å². The fourth-order valence-corrected chi connectivity index (χ4v) is 2.47. The Balaban J connectivity index is 2.03. The molecule has 0 aliphatic carbocycles. The van der Waals surface area contributed by atoms with E-state index in [-0.39, 0.29) is 0 Å². The second kappa shape index (κ2) is 7.69. The highest BCUT2D eigenvalue weighted by Crippen LogP contribution is 2.21. The highest BCUT2D eigenvalue weighted by Gasteiger charge is 1.99. The molecule has 0 N–H and O–H groups in total. The first kappa shape index (κ1) is 14.6. The Hall–Kier alpha value is -1.82. The van der Waals surface area contributed by atoms with Crippen molar-refractivity contribution in [1.29, 1.82) is 0 Å². The van der Waals surface area contributed by atoms with Crippen LogP contribution in [0, 0.1) is 0 Å². The molecule has 0 spiro atoms. The van der Waals surface area contributed by atoms with Gasteiger partial charge >= 0.3 is 0 Å². The average Bonchev–Trinajstić information content (AvgIpc) is 2.49. The van der Waals surface area contributed by atoms with Crippen molar-refractivity contribution >= 4 is 0 Å². The summed E-state index contributed by atoms with van der Waals surface area (Å²) in [5.41, 5.74) is 5.46. The van der Waals surface area contributed by atoms with Gasteiger partial charge in [0.2, 0.25) is 0 Å². The number of allylic oxidation sites excluding steroid dienone is 1. The van der Waals surface area contributed by atoms with Crippen LogP contribution < -0.4 is 0 Å². The quantitative estimate of drug-likeness (QED) is 0.437. The maximum atomic E-state index is 3.77. The molecule has 0 amide bonds. The van der Waals surface area contributed by atoms with Crippen LogP contribution in [-0.2, 0) is 12.8 Å². The van der Waals surface area contributed by atoms with E-state index in [1.807, 2.05) is 6.08 Å². The lowest BCUT2D eigenvalue weighted by atomic mass is 10.00. The molecule has 0 heteroatoms. The summed E-state index contributed by atoms with van der Waals surface area (Å²) < 4.78 is 0. The van der Waals surface area contributed by atoms with Crippen LogP contribution in [0.2, 0.25) is 0 Å². The third kappa shape index (κ3) is 4.09. The molecule has 0 unspecified atom stereocenters. The maximum absolute atomic E-state index is 3.77. The molecule has 0 radical (unpaired) electrons. The molecule has 0 atom stereocenters. The molecule has 0 heterocycles. The first-order chi connectivity index (χ1) is 9.83. The number of unbranched alkanes of at least 4 members (excludes halogenated alkanes) is 1. The topological polar surface area (TPSA) is 0 Å². The number of rotatable bonds is 7. The fourth-order valence-electron chi connectivity index (χ4n) is 2.47. The fraction of sp³-hybridized carbons (Fsp3) is 0.300. The van der Waals surface area contributed by atoms with Crippen LogP contribution in [0.3, 0.4) is 0 Å². The van der Waals surface area contributed by atoms with Gasteiger partial charge in [-0.05, 0) is 47.9 Å². The standard InChI is InChI=1S/C20H24/c1-3-5-6-8-18-11-15-20(16-12-18)19-13-9-17(7-4-2)10-14-19/h3,9-16H,1,4-8H2,2H3. The van der Waals surface area contributed by atoms with Gasteiger partial charge in [-0.25, -0.2) is 0 Å². The predicted octanol–water partition coefficient (Wildman–Crippen LogP) is 5.81. The zero-order valence-electron chi connectivity index (χ0n) is 12.4. The molecule has 0 aromatic heterocycles. The maximum Gasteiger partial charge on any atom is -0.0184 e. The van der Waals surface area contributed by atoms with Crippen LogP contribution in [0.1, 0.15) is 37.3 Å². The monoisotopic (exact) mass is 264 g/mol. The summed E-state index contributed by atoms with van der Waals surface area (Å²) in [7, 11) is 0. The van der Waals surface area contributed by atoms with Crippen molar-refractivity contribution < 1.29 is 0 Å². The Morgan fingerprint density at radius 1 is 0.800 bits per heavy atom. The Labute approximate surface area is 123 Å². The molecule has 0 aliphatic rings. The van der Waals surface area contributed by atoms with Crippen molar-refractivity contribution in [3.8, 4) is 11.1 Å². The zero-order valence-corrected chi connectivity index (χ0v) is 12.4. The van der Waals surface area contributed by atoms with E-state index in [1.165, 1.54) is 41.5 Å². The van der Waals surface area contributed by atoms with Gasteiger partial charge in [0, 0.05) is 0 Å². The highest BCUT2D eigenvalue weighted by atomic mass is 14.0. The number of benzene rings is 2. The van der Waals surface area contributed by atoms with E-state index < -0.39 is 0 Å². The normalized spacial score (nSPS) is 10.4. The van der Waals surface area contributed by atoms with Crippen LogP contribution in [0.4, 0.5) is 0 Å². The van der Waals surface area contributed by atoms with Crippen LogP contribution in [0.25, 0.3) is 11.1 Å². The van der Waals surface area contributed by atoms with Crippen molar-refractivity contribution in [2.45, 2.75) is 39.0 Å². The zero-order chi connectivity index (χ0) is 14.2. The van der Waals surface area contributed by atoms with Gasteiger partial charge in [-0.2, -0.15) is 0 Å². The first-order valence-electron chi connectivity index (χ1n) is 7.62. The molecule has 0 fully saturated rings. The summed E-state index contributed by atoms with van der Waals surface area (Å²) >= 11 is 0. The van der Waals surface area contributed by atoms with E-state index in [0.717, 1.165) is 12.8 Å². The molecule has 0 bridgehead atoms. The van der Waals surface area contributed by atoms with Gasteiger partial charge in [0.05, 0.1) is 0 Å². The summed E-state index contributed by atoms with van der Waals surface area (Å²) in [5.74, 6) is 0. The van der Waals surface area contributed by atoms with Gasteiger partial charge in [-0.1, -0.05) is 68.0 Å². The Bertz CT molecular complexity index is 517. The van der Waals surface area contributed by atoms with Gasteiger partial charge in [0.15, 0.2) is 0 Å². The van der Waals surface area contributed by atoms with E-state index in [2.05, 4.69) is 62.0 Å². The number of hydrogen-bond acceptors (Lipinski definition) is 0. The Morgan fingerprint density at radius 3 is 1.75 bits per heavy atom. The molecule has 0 nitrogen and oxygen atoms in total. The minimum atomic E-state index is 1.10. The van der Waals surface area contributed by atoms with Crippen molar-refractivity contribution in [3.63, 3.8) is 0 Å². The van der Waals surface area contributed by atoms with Gasteiger partial charge in [0.1, 0.15) is 0 Å². The Kier molecular flexibility index (Phi) is 5.61. The van der Waals surface area contributed by atoms with E-state index in [4.69, 9.17) is 0 Å². The lowest BCUT2D eigenvalue weighted by Crippen LogP contribution is -1.86. The third-order valence-electron chi connectivity index (χ3n) is 3.65. The first-order valence-corrected chi connectivity index (χ1v) is 7.62. The van der Waals surface area contributed by atoms with Crippen molar-refractivity contribution in [2.24, 2.45) is 0 Å². The number of hydrogen-bond donors (Lipinski definition) is 0. The third-order valence-corrected chi connectivity index (χ3v) is 3.65. The lowest BCUT2D eigenvalue weighted by molar-refractivity contribution is 0.844. The minimum absolute atomic E-state index is 1.10. The average molecular weight is 264 g/mol.